The highest BCUT2D eigenvalue weighted by Crippen LogP contribution is 2.29. The Kier molecular flexibility index (Phi) is 7.22. The van der Waals surface area contributed by atoms with Gasteiger partial charge in [0.2, 0.25) is 0 Å². The largest absolute Gasteiger partial charge is 0.489 e. The molecule has 0 fully saturated rings. The molecule has 0 aromatic heterocycles. The quantitative estimate of drug-likeness (QED) is 0.671. The van der Waals surface area contributed by atoms with Crippen molar-refractivity contribution in [2.75, 3.05) is 13.2 Å². The fourth-order valence-electron chi connectivity index (χ4n) is 1.66. The SMILES string of the molecule is CC(C)COc1ccc(C(=O)OC(C)C)cc1OCC(C)C. The lowest BCUT2D eigenvalue weighted by Crippen LogP contribution is -2.13. The van der Waals surface area contributed by atoms with E-state index in [4.69, 9.17) is 14.2 Å². The maximum absolute atomic E-state index is 12.0. The molecule has 1 aromatic rings. The van der Waals surface area contributed by atoms with E-state index >= 15 is 0 Å². The van der Waals surface area contributed by atoms with Gasteiger partial charge in [-0.25, -0.2) is 4.79 Å². The first kappa shape index (κ1) is 18.3. The second-order valence-electron chi connectivity index (χ2n) is 6.53. The average molecular weight is 308 g/mol. The molecular formula is C18H28O4. The molecule has 0 unspecified atom stereocenters. The van der Waals surface area contributed by atoms with Gasteiger partial charge in [-0.05, 0) is 43.9 Å². The molecule has 4 heteroatoms. The summed E-state index contributed by atoms with van der Waals surface area (Å²) in [5, 5.41) is 0. The van der Waals surface area contributed by atoms with E-state index in [2.05, 4.69) is 27.7 Å². The average Bonchev–Trinajstić information content (AvgIpc) is 2.42. The van der Waals surface area contributed by atoms with E-state index in [1.807, 2.05) is 13.8 Å². The first-order valence-electron chi connectivity index (χ1n) is 7.90. The molecule has 0 heterocycles. The van der Waals surface area contributed by atoms with Gasteiger partial charge in [0, 0.05) is 0 Å². The summed E-state index contributed by atoms with van der Waals surface area (Å²) in [6.07, 6.45) is -0.149. The minimum Gasteiger partial charge on any atom is -0.489 e. The number of rotatable bonds is 8. The zero-order valence-corrected chi connectivity index (χ0v) is 14.5. The Labute approximate surface area is 133 Å². The second-order valence-corrected chi connectivity index (χ2v) is 6.53. The minimum absolute atomic E-state index is 0.149. The molecule has 0 amide bonds. The molecule has 0 radical (unpaired) electrons. The third kappa shape index (κ3) is 6.37. The van der Waals surface area contributed by atoms with Crippen LogP contribution in [0.25, 0.3) is 0 Å². The molecular weight excluding hydrogens is 280 g/mol. The molecule has 22 heavy (non-hydrogen) atoms. The predicted molar refractivity (Wildman–Crippen MR) is 87.7 cm³/mol. The van der Waals surface area contributed by atoms with Crippen molar-refractivity contribution >= 4 is 5.97 Å². The standard InChI is InChI=1S/C18H28O4/c1-12(2)10-20-16-8-7-15(18(19)22-14(5)6)9-17(16)21-11-13(3)4/h7-9,12-14H,10-11H2,1-6H3. The van der Waals surface area contributed by atoms with Gasteiger partial charge in [-0.3, -0.25) is 0 Å². The van der Waals surface area contributed by atoms with Crippen molar-refractivity contribution in [3.63, 3.8) is 0 Å². The van der Waals surface area contributed by atoms with Gasteiger partial charge < -0.3 is 14.2 Å². The molecule has 4 nitrogen and oxygen atoms in total. The van der Waals surface area contributed by atoms with Crippen LogP contribution >= 0.6 is 0 Å². The van der Waals surface area contributed by atoms with Crippen molar-refractivity contribution in [2.24, 2.45) is 11.8 Å². The van der Waals surface area contributed by atoms with Crippen molar-refractivity contribution in [3.8, 4) is 11.5 Å². The van der Waals surface area contributed by atoms with E-state index < -0.39 is 0 Å². The second kappa shape index (κ2) is 8.66. The van der Waals surface area contributed by atoms with Gasteiger partial charge in [0.1, 0.15) is 0 Å². The zero-order chi connectivity index (χ0) is 16.7. The fraction of sp³-hybridized carbons (Fsp3) is 0.611. The van der Waals surface area contributed by atoms with Crippen LogP contribution in [0.3, 0.4) is 0 Å². The summed E-state index contributed by atoms with van der Waals surface area (Å²) >= 11 is 0. The predicted octanol–water partition coefficient (Wildman–Crippen LogP) is 4.32. The Morgan fingerprint density at radius 1 is 0.909 bits per heavy atom. The van der Waals surface area contributed by atoms with E-state index in [0.717, 1.165) is 0 Å². The Balaban J connectivity index is 2.94. The summed E-state index contributed by atoms with van der Waals surface area (Å²) in [5.41, 5.74) is 0.476. The lowest BCUT2D eigenvalue weighted by Gasteiger charge is -2.16. The molecule has 0 saturated carbocycles. The van der Waals surface area contributed by atoms with Gasteiger partial charge in [-0.1, -0.05) is 27.7 Å². The van der Waals surface area contributed by atoms with Crippen LogP contribution in [0, 0.1) is 11.8 Å². The topological polar surface area (TPSA) is 44.8 Å². The van der Waals surface area contributed by atoms with E-state index in [1.165, 1.54) is 0 Å². The normalized spacial score (nSPS) is 11.1. The molecule has 1 rings (SSSR count). The highest BCUT2D eigenvalue weighted by molar-refractivity contribution is 5.90. The van der Waals surface area contributed by atoms with Crippen LogP contribution in [-0.4, -0.2) is 25.3 Å². The van der Waals surface area contributed by atoms with Crippen LogP contribution in [0.1, 0.15) is 51.9 Å². The van der Waals surface area contributed by atoms with Crippen LogP contribution < -0.4 is 9.47 Å². The van der Waals surface area contributed by atoms with Crippen LogP contribution in [0.15, 0.2) is 18.2 Å². The van der Waals surface area contributed by atoms with Crippen LogP contribution in [-0.2, 0) is 4.74 Å². The number of carbonyl (C=O) groups is 1. The number of esters is 1. The summed E-state index contributed by atoms with van der Waals surface area (Å²) in [7, 11) is 0. The Morgan fingerprint density at radius 3 is 1.95 bits per heavy atom. The minimum atomic E-state index is -0.347. The maximum atomic E-state index is 12.0. The molecule has 0 N–H and O–H groups in total. The summed E-state index contributed by atoms with van der Waals surface area (Å²) in [6.45, 7) is 13.2. The third-order valence-electron chi connectivity index (χ3n) is 2.67. The number of ether oxygens (including phenoxy) is 3. The van der Waals surface area contributed by atoms with Crippen molar-refractivity contribution < 1.29 is 19.0 Å². The summed E-state index contributed by atoms with van der Waals surface area (Å²) < 4.78 is 16.8. The monoisotopic (exact) mass is 308 g/mol. The van der Waals surface area contributed by atoms with Gasteiger partial charge in [-0.2, -0.15) is 0 Å². The van der Waals surface area contributed by atoms with Gasteiger partial charge in [-0.15, -0.1) is 0 Å². The molecule has 0 atom stereocenters. The molecule has 0 bridgehead atoms. The highest BCUT2D eigenvalue weighted by atomic mass is 16.5. The Bertz CT molecular complexity index is 478. The lowest BCUT2D eigenvalue weighted by atomic mass is 10.2. The zero-order valence-electron chi connectivity index (χ0n) is 14.5. The Morgan fingerprint density at radius 2 is 1.45 bits per heavy atom. The van der Waals surface area contributed by atoms with E-state index in [-0.39, 0.29) is 12.1 Å². The van der Waals surface area contributed by atoms with Crippen molar-refractivity contribution in [1.82, 2.24) is 0 Å². The van der Waals surface area contributed by atoms with Crippen LogP contribution in [0.4, 0.5) is 0 Å². The van der Waals surface area contributed by atoms with Gasteiger partial charge in [0.15, 0.2) is 11.5 Å². The summed E-state index contributed by atoms with van der Waals surface area (Å²) in [4.78, 5) is 12.0. The molecule has 0 aliphatic heterocycles. The molecule has 124 valence electrons. The molecule has 1 aromatic carbocycles. The molecule has 0 aliphatic rings. The highest BCUT2D eigenvalue weighted by Gasteiger charge is 2.14. The maximum Gasteiger partial charge on any atom is 0.338 e. The van der Waals surface area contributed by atoms with Crippen LogP contribution in [0.5, 0.6) is 11.5 Å². The summed E-state index contributed by atoms with van der Waals surface area (Å²) in [6, 6.07) is 5.18. The Hall–Kier alpha value is -1.71. The number of carbonyl (C=O) groups excluding carboxylic acids is 1. The van der Waals surface area contributed by atoms with E-state index in [0.29, 0.717) is 42.1 Å². The first-order valence-corrected chi connectivity index (χ1v) is 7.90. The number of benzene rings is 1. The third-order valence-corrected chi connectivity index (χ3v) is 2.67. The summed E-state index contributed by atoms with van der Waals surface area (Å²) in [5.74, 6) is 1.72. The number of hydrogen-bond acceptors (Lipinski definition) is 4. The van der Waals surface area contributed by atoms with E-state index in [9.17, 15) is 4.79 Å². The first-order chi connectivity index (χ1) is 10.3. The van der Waals surface area contributed by atoms with Crippen molar-refractivity contribution in [2.45, 2.75) is 47.6 Å². The molecule has 0 spiro atoms. The van der Waals surface area contributed by atoms with Gasteiger partial charge >= 0.3 is 5.97 Å². The lowest BCUT2D eigenvalue weighted by molar-refractivity contribution is 0.0377. The van der Waals surface area contributed by atoms with Gasteiger partial charge in [0.25, 0.3) is 0 Å². The van der Waals surface area contributed by atoms with Gasteiger partial charge in [0.05, 0.1) is 24.9 Å². The van der Waals surface area contributed by atoms with E-state index in [1.54, 1.807) is 18.2 Å². The molecule has 0 aliphatic carbocycles. The smallest absolute Gasteiger partial charge is 0.338 e. The van der Waals surface area contributed by atoms with Crippen molar-refractivity contribution in [3.05, 3.63) is 23.8 Å². The number of hydrogen-bond donors (Lipinski definition) is 0. The molecule has 0 saturated heterocycles. The van der Waals surface area contributed by atoms with Crippen molar-refractivity contribution in [1.29, 1.82) is 0 Å². The van der Waals surface area contributed by atoms with Crippen LogP contribution in [0.2, 0.25) is 0 Å². The fourth-order valence-corrected chi connectivity index (χ4v) is 1.66.